The molecule has 0 saturated carbocycles. The van der Waals surface area contributed by atoms with Gasteiger partial charge in [0.05, 0.1) is 12.1 Å². The van der Waals surface area contributed by atoms with E-state index in [0.29, 0.717) is 40.4 Å². The fourth-order valence-electron chi connectivity index (χ4n) is 3.27. The lowest BCUT2D eigenvalue weighted by Crippen LogP contribution is -2.13. The molecule has 0 aliphatic heterocycles. The Kier molecular flexibility index (Phi) is 8.87. The van der Waals surface area contributed by atoms with Crippen molar-refractivity contribution in [2.45, 2.75) is 33.4 Å². The molecule has 3 rings (SSSR count). The molecular formula is C26H28Cl2N2O3. The minimum atomic E-state index is 0.00560. The summed E-state index contributed by atoms with van der Waals surface area (Å²) in [5, 5.41) is 7.37. The van der Waals surface area contributed by atoms with E-state index in [-0.39, 0.29) is 12.5 Å². The third-order valence-corrected chi connectivity index (χ3v) is 5.51. The van der Waals surface area contributed by atoms with Gasteiger partial charge in [-0.25, -0.2) is 0 Å². The lowest BCUT2D eigenvalue weighted by atomic mass is 10.1. The van der Waals surface area contributed by atoms with Crippen molar-refractivity contribution in [1.29, 1.82) is 0 Å². The highest BCUT2D eigenvalue weighted by atomic mass is 35.5. The second-order valence-electron chi connectivity index (χ2n) is 8.07. The molecule has 3 aromatic carbocycles. The number of hydrogen-bond acceptors (Lipinski definition) is 4. The van der Waals surface area contributed by atoms with Gasteiger partial charge in [0.15, 0.2) is 11.5 Å². The zero-order valence-electron chi connectivity index (χ0n) is 19.0. The van der Waals surface area contributed by atoms with Crippen molar-refractivity contribution in [3.05, 3.63) is 81.8 Å². The SMILES string of the molecule is COc1cc(CNc2cccc(NC(=O)CC(C)C)c2)cc(Cl)c1OCc1ccccc1Cl. The van der Waals surface area contributed by atoms with Crippen molar-refractivity contribution in [2.24, 2.45) is 5.92 Å². The quantitative estimate of drug-likeness (QED) is 0.318. The third-order valence-electron chi connectivity index (χ3n) is 4.86. The summed E-state index contributed by atoms with van der Waals surface area (Å²) < 4.78 is 11.4. The van der Waals surface area contributed by atoms with E-state index in [0.717, 1.165) is 22.5 Å². The molecule has 7 heteroatoms. The molecule has 0 spiro atoms. The number of ether oxygens (including phenoxy) is 2. The highest BCUT2D eigenvalue weighted by molar-refractivity contribution is 6.32. The minimum absolute atomic E-state index is 0.00560. The lowest BCUT2D eigenvalue weighted by molar-refractivity contribution is -0.116. The van der Waals surface area contributed by atoms with Gasteiger partial charge in [-0.1, -0.05) is 61.3 Å². The van der Waals surface area contributed by atoms with Crippen LogP contribution in [0.4, 0.5) is 11.4 Å². The first-order valence-electron chi connectivity index (χ1n) is 10.7. The van der Waals surface area contributed by atoms with Crippen LogP contribution in [0.5, 0.6) is 11.5 Å². The molecule has 1 amide bonds. The van der Waals surface area contributed by atoms with Crippen LogP contribution in [0, 0.1) is 5.92 Å². The molecule has 0 saturated heterocycles. The smallest absolute Gasteiger partial charge is 0.224 e. The number of carbonyl (C=O) groups excluding carboxylic acids is 1. The molecule has 2 N–H and O–H groups in total. The third kappa shape index (κ3) is 7.31. The maximum absolute atomic E-state index is 12.0. The molecule has 0 unspecified atom stereocenters. The molecule has 0 bridgehead atoms. The Morgan fingerprint density at radius 1 is 0.970 bits per heavy atom. The number of anilines is 2. The van der Waals surface area contributed by atoms with Crippen molar-refractivity contribution >= 4 is 40.5 Å². The van der Waals surface area contributed by atoms with Gasteiger partial charge in [0, 0.05) is 34.9 Å². The van der Waals surface area contributed by atoms with Gasteiger partial charge in [-0.3, -0.25) is 4.79 Å². The molecule has 5 nitrogen and oxygen atoms in total. The van der Waals surface area contributed by atoms with Crippen LogP contribution in [0.2, 0.25) is 10.0 Å². The number of rotatable bonds is 10. The van der Waals surface area contributed by atoms with Gasteiger partial charge in [-0.15, -0.1) is 0 Å². The molecule has 0 aromatic heterocycles. The van der Waals surface area contributed by atoms with Crippen LogP contribution in [0.1, 0.15) is 31.4 Å². The zero-order valence-corrected chi connectivity index (χ0v) is 20.5. The van der Waals surface area contributed by atoms with Crippen LogP contribution in [-0.4, -0.2) is 13.0 Å². The Hall–Kier alpha value is -2.89. The fourth-order valence-corrected chi connectivity index (χ4v) is 3.75. The number of hydrogen-bond donors (Lipinski definition) is 2. The van der Waals surface area contributed by atoms with Gasteiger partial charge in [0.25, 0.3) is 0 Å². The number of nitrogens with one attached hydrogen (secondary N) is 2. The van der Waals surface area contributed by atoms with E-state index >= 15 is 0 Å². The maximum atomic E-state index is 12.0. The van der Waals surface area contributed by atoms with Crippen LogP contribution in [0.25, 0.3) is 0 Å². The van der Waals surface area contributed by atoms with Crippen molar-refractivity contribution in [1.82, 2.24) is 0 Å². The first-order valence-corrected chi connectivity index (χ1v) is 11.5. The van der Waals surface area contributed by atoms with Crippen LogP contribution in [0.3, 0.4) is 0 Å². The lowest BCUT2D eigenvalue weighted by Gasteiger charge is -2.16. The van der Waals surface area contributed by atoms with E-state index in [1.165, 1.54) is 0 Å². The first kappa shape index (κ1) is 24.7. The van der Waals surface area contributed by atoms with Crippen molar-refractivity contribution in [2.75, 3.05) is 17.7 Å². The maximum Gasteiger partial charge on any atom is 0.224 e. The summed E-state index contributed by atoms with van der Waals surface area (Å²) >= 11 is 12.7. The molecule has 3 aromatic rings. The molecule has 174 valence electrons. The Morgan fingerprint density at radius 2 is 1.73 bits per heavy atom. The summed E-state index contributed by atoms with van der Waals surface area (Å²) in [6.45, 7) is 4.83. The van der Waals surface area contributed by atoms with E-state index in [1.807, 2.05) is 74.5 Å². The second-order valence-corrected chi connectivity index (χ2v) is 8.88. The highest BCUT2D eigenvalue weighted by Crippen LogP contribution is 2.37. The second kappa shape index (κ2) is 11.8. The molecule has 0 aliphatic carbocycles. The fraction of sp³-hybridized carbons (Fsp3) is 0.269. The molecule has 0 aliphatic rings. The Balaban J connectivity index is 1.66. The molecule has 33 heavy (non-hydrogen) atoms. The number of carbonyl (C=O) groups is 1. The predicted octanol–water partition coefficient (Wildman–Crippen LogP) is 7.18. The van der Waals surface area contributed by atoms with Crippen molar-refractivity contribution in [3.8, 4) is 11.5 Å². The number of methoxy groups -OCH3 is 1. The van der Waals surface area contributed by atoms with Crippen LogP contribution in [0.15, 0.2) is 60.7 Å². The van der Waals surface area contributed by atoms with E-state index in [9.17, 15) is 4.79 Å². The molecule has 0 atom stereocenters. The van der Waals surface area contributed by atoms with Crippen molar-refractivity contribution in [3.63, 3.8) is 0 Å². The normalized spacial score (nSPS) is 10.7. The number of benzene rings is 3. The van der Waals surface area contributed by atoms with Gasteiger partial charge >= 0.3 is 0 Å². The first-order chi connectivity index (χ1) is 15.9. The summed E-state index contributed by atoms with van der Waals surface area (Å²) in [5.41, 5.74) is 3.43. The van der Waals surface area contributed by atoms with Gasteiger partial charge in [0.1, 0.15) is 6.61 Å². The topological polar surface area (TPSA) is 59.6 Å². The van der Waals surface area contributed by atoms with Gasteiger partial charge in [0.2, 0.25) is 5.91 Å². The van der Waals surface area contributed by atoms with Gasteiger partial charge < -0.3 is 20.1 Å². The minimum Gasteiger partial charge on any atom is -0.493 e. The largest absolute Gasteiger partial charge is 0.493 e. The van der Waals surface area contributed by atoms with Gasteiger partial charge in [-0.05, 0) is 47.9 Å². The summed E-state index contributed by atoms with van der Waals surface area (Å²) in [5.74, 6) is 1.33. The predicted molar refractivity (Wildman–Crippen MR) is 136 cm³/mol. The van der Waals surface area contributed by atoms with E-state index < -0.39 is 0 Å². The summed E-state index contributed by atoms with van der Waals surface area (Å²) in [6.07, 6.45) is 0.487. The van der Waals surface area contributed by atoms with E-state index in [4.69, 9.17) is 32.7 Å². The number of amides is 1. The number of halogens is 2. The molecular weight excluding hydrogens is 459 g/mol. The Labute approximate surface area is 205 Å². The molecule has 0 heterocycles. The Bertz CT molecular complexity index is 1100. The summed E-state index contributed by atoms with van der Waals surface area (Å²) in [7, 11) is 1.58. The molecule has 0 radical (unpaired) electrons. The average molecular weight is 487 g/mol. The Morgan fingerprint density at radius 3 is 2.45 bits per heavy atom. The summed E-state index contributed by atoms with van der Waals surface area (Å²) in [4.78, 5) is 12.0. The van der Waals surface area contributed by atoms with Gasteiger partial charge in [-0.2, -0.15) is 0 Å². The summed E-state index contributed by atoms with van der Waals surface area (Å²) in [6, 6.07) is 18.8. The van der Waals surface area contributed by atoms with Crippen molar-refractivity contribution < 1.29 is 14.3 Å². The standard InChI is InChI=1S/C26H28Cl2N2O3/c1-17(2)11-25(31)30-21-9-6-8-20(14-21)29-15-18-12-23(28)26(24(13-18)32-3)33-16-19-7-4-5-10-22(19)27/h4-10,12-14,17,29H,11,15-16H2,1-3H3,(H,30,31). The van der Waals surface area contributed by atoms with Crippen LogP contribution in [-0.2, 0) is 17.9 Å². The highest BCUT2D eigenvalue weighted by Gasteiger charge is 2.13. The monoisotopic (exact) mass is 486 g/mol. The average Bonchev–Trinajstić information content (AvgIpc) is 2.77. The zero-order chi connectivity index (χ0) is 23.8. The van der Waals surface area contributed by atoms with E-state index in [2.05, 4.69) is 10.6 Å². The van der Waals surface area contributed by atoms with E-state index in [1.54, 1.807) is 7.11 Å². The molecule has 0 fully saturated rings. The van der Waals surface area contributed by atoms with Crippen LogP contribution < -0.4 is 20.1 Å². The van der Waals surface area contributed by atoms with Crippen LogP contribution >= 0.6 is 23.2 Å².